The number of halogens is 1. The average molecular weight is 334 g/mol. The van der Waals surface area contributed by atoms with Gasteiger partial charge < -0.3 is 9.47 Å². The summed E-state index contributed by atoms with van der Waals surface area (Å²) < 4.78 is 14.9. The second-order valence-electron chi connectivity index (χ2n) is 5.66. The fourth-order valence-corrected chi connectivity index (χ4v) is 3.65. The molecule has 1 saturated heterocycles. The predicted octanol–water partition coefficient (Wildman–Crippen LogP) is 2.80. The third kappa shape index (κ3) is 3.72. The molecule has 1 amide bonds. The Hall–Kier alpha value is -1.89. The number of aryl methyl sites for hydroxylation is 1. The molecule has 0 spiro atoms. The maximum atomic E-state index is 13.1. The molecule has 0 radical (unpaired) electrons. The van der Waals surface area contributed by atoms with Crippen molar-refractivity contribution in [3.63, 3.8) is 0 Å². The number of benzene rings is 1. The Labute approximate surface area is 138 Å². The van der Waals surface area contributed by atoms with Crippen LogP contribution >= 0.6 is 11.8 Å². The van der Waals surface area contributed by atoms with Gasteiger partial charge in [0, 0.05) is 13.6 Å². The molecule has 0 aliphatic carbocycles. The zero-order chi connectivity index (χ0) is 16.2. The molecule has 1 fully saturated rings. The number of rotatable bonds is 4. The SMILES string of the molecule is Cn1cnnc1SCC(=O)N1CCCC[C@H]1c1ccc(F)cc1. The summed E-state index contributed by atoms with van der Waals surface area (Å²) in [6.45, 7) is 0.750. The Morgan fingerprint density at radius 3 is 2.83 bits per heavy atom. The Bertz CT molecular complexity index is 673. The maximum absolute atomic E-state index is 13.1. The topological polar surface area (TPSA) is 51.0 Å². The minimum atomic E-state index is -0.250. The highest BCUT2D eigenvalue weighted by Gasteiger charge is 2.28. The van der Waals surface area contributed by atoms with Gasteiger partial charge in [-0.1, -0.05) is 23.9 Å². The second kappa shape index (κ2) is 7.12. The summed E-state index contributed by atoms with van der Waals surface area (Å²) >= 11 is 1.39. The van der Waals surface area contributed by atoms with Crippen LogP contribution in [-0.4, -0.2) is 37.9 Å². The number of likely N-dealkylation sites (tertiary alicyclic amines) is 1. The van der Waals surface area contributed by atoms with Crippen molar-refractivity contribution >= 4 is 17.7 Å². The van der Waals surface area contributed by atoms with E-state index < -0.39 is 0 Å². The van der Waals surface area contributed by atoms with Crippen LogP contribution in [0.2, 0.25) is 0 Å². The fourth-order valence-electron chi connectivity index (χ4n) is 2.87. The van der Waals surface area contributed by atoms with Gasteiger partial charge in [-0.15, -0.1) is 10.2 Å². The van der Waals surface area contributed by atoms with E-state index in [0.717, 1.165) is 36.5 Å². The summed E-state index contributed by atoms with van der Waals surface area (Å²) in [5.41, 5.74) is 1.00. The Morgan fingerprint density at radius 1 is 1.35 bits per heavy atom. The number of hydrogen-bond acceptors (Lipinski definition) is 4. The van der Waals surface area contributed by atoms with Crippen molar-refractivity contribution in [3.8, 4) is 0 Å². The van der Waals surface area contributed by atoms with Crippen molar-refractivity contribution in [2.75, 3.05) is 12.3 Å². The molecule has 7 heteroatoms. The van der Waals surface area contributed by atoms with Gasteiger partial charge in [-0.2, -0.15) is 0 Å². The highest BCUT2D eigenvalue weighted by atomic mass is 32.2. The van der Waals surface area contributed by atoms with Crippen LogP contribution in [0.1, 0.15) is 30.9 Å². The van der Waals surface area contributed by atoms with Crippen LogP contribution in [0, 0.1) is 5.82 Å². The van der Waals surface area contributed by atoms with Crippen LogP contribution in [0.15, 0.2) is 35.7 Å². The van der Waals surface area contributed by atoms with E-state index in [2.05, 4.69) is 10.2 Å². The number of carbonyl (C=O) groups excluding carboxylic acids is 1. The molecule has 1 aromatic heterocycles. The summed E-state index contributed by atoms with van der Waals surface area (Å²) in [5.74, 6) is 0.178. The van der Waals surface area contributed by atoms with E-state index in [9.17, 15) is 9.18 Å². The van der Waals surface area contributed by atoms with Crippen LogP contribution in [-0.2, 0) is 11.8 Å². The third-order valence-electron chi connectivity index (χ3n) is 4.07. The first kappa shape index (κ1) is 16.0. The number of nitrogens with zero attached hydrogens (tertiary/aromatic N) is 4. The number of piperidine rings is 1. The van der Waals surface area contributed by atoms with Gasteiger partial charge >= 0.3 is 0 Å². The zero-order valence-electron chi connectivity index (χ0n) is 13.0. The lowest BCUT2D eigenvalue weighted by atomic mass is 9.95. The first-order valence-electron chi connectivity index (χ1n) is 7.67. The van der Waals surface area contributed by atoms with Crippen molar-refractivity contribution < 1.29 is 9.18 Å². The van der Waals surface area contributed by atoms with Crippen LogP contribution in [0.4, 0.5) is 4.39 Å². The number of amides is 1. The molecule has 1 aliphatic rings. The van der Waals surface area contributed by atoms with E-state index >= 15 is 0 Å². The van der Waals surface area contributed by atoms with Crippen LogP contribution in [0.25, 0.3) is 0 Å². The summed E-state index contributed by atoms with van der Waals surface area (Å²) in [5, 5.41) is 8.53. The lowest BCUT2D eigenvalue weighted by Crippen LogP contribution is -2.39. The van der Waals surface area contributed by atoms with Crippen LogP contribution in [0.5, 0.6) is 0 Å². The molecule has 0 saturated carbocycles. The molecular weight excluding hydrogens is 315 g/mol. The molecule has 1 atom stereocenters. The zero-order valence-corrected chi connectivity index (χ0v) is 13.8. The van der Waals surface area contributed by atoms with Gasteiger partial charge in [0.1, 0.15) is 12.1 Å². The average Bonchev–Trinajstić information content (AvgIpc) is 2.98. The quantitative estimate of drug-likeness (QED) is 0.807. The van der Waals surface area contributed by atoms with Gasteiger partial charge in [0.25, 0.3) is 0 Å². The lowest BCUT2D eigenvalue weighted by Gasteiger charge is -2.36. The standard InChI is InChI=1S/C16H19FN4OS/c1-20-11-18-19-16(20)23-10-15(22)21-9-3-2-4-14(21)12-5-7-13(17)8-6-12/h5-8,11,14H,2-4,9-10H2,1H3/t14-/m0/s1. The van der Waals surface area contributed by atoms with E-state index in [0.29, 0.717) is 5.75 Å². The lowest BCUT2D eigenvalue weighted by molar-refractivity contribution is -0.132. The smallest absolute Gasteiger partial charge is 0.233 e. The molecule has 122 valence electrons. The molecule has 1 aliphatic heterocycles. The monoisotopic (exact) mass is 334 g/mol. The Morgan fingerprint density at radius 2 is 2.13 bits per heavy atom. The van der Waals surface area contributed by atoms with Gasteiger partial charge in [-0.3, -0.25) is 4.79 Å². The first-order valence-corrected chi connectivity index (χ1v) is 8.65. The Balaban J connectivity index is 1.69. The van der Waals surface area contributed by atoms with Crippen molar-refractivity contribution in [2.24, 2.45) is 7.05 Å². The molecule has 1 aromatic carbocycles. The largest absolute Gasteiger partial charge is 0.335 e. The number of thioether (sulfide) groups is 1. The maximum Gasteiger partial charge on any atom is 0.233 e. The fraction of sp³-hybridized carbons (Fsp3) is 0.438. The molecule has 2 aromatic rings. The molecule has 3 rings (SSSR count). The van der Waals surface area contributed by atoms with Gasteiger partial charge in [0.15, 0.2) is 5.16 Å². The highest BCUT2D eigenvalue weighted by Crippen LogP contribution is 2.31. The molecule has 0 unspecified atom stereocenters. The summed E-state index contributed by atoms with van der Waals surface area (Å²) in [4.78, 5) is 14.5. The second-order valence-corrected chi connectivity index (χ2v) is 6.61. The van der Waals surface area contributed by atoms with E-state index in [-0.39, 0.29) is 17.8 Å². The summed E-state index contributed by atoms with van der Waals surface area (Å²) in [6, 6.07) is 6.52. The van der Waals surface area contributed by atoms with E-state index in [1.54, 1.807) is 23.0 Å². The van der Waals surface area contributed by atoms with Crippen molar-refractivity contribution in [1.29, 1.82) is 0 Å². The molecule has 2 heterocycles. The molecular formula is C16H19FN4OS. The van der Waals surface area contributed by atoms with Gasteiger partial charge in [-0.25, -0.2) is 4.39 Å². The van der Waals surface area contributed by atoms with Crippen molar-refractivity contribution in [1.82, 2.24) is 19.7 Å². The van der Waals surface area contributed by atoms with Gasteiger partial charge in [0.2, 0.25) is 5.91 Å². The van der Waals surface area contributed by atoms with Gasteiger partial charge in [-0.05, 0) is 37.0 Å². The normalized spacial score (nSPS) is 18.2. The number of hydrogen-bond donors (Lipinski definition) is 0. The highest BCUT2D eigenvalue weighted by molar-refractivity contribution is 7.99. The Kier molecular flexibility index (Phi) is 4.95. The summed E-state index contributed by atoms with van der Waals surface area (Å²) in [6.07, 6.45) is 4.64. The van der Waals surface area contributed by atoms with Gasteiger partial charge in [0.05, 0.1) is 11.8 Å². The first-order chi connectivity index (χ1) is 11.1. The molecule has 5 nitrogen and oxygen atoms in total. The van der Waals surface area contributed by atoms with Crippen molar-refractivity contribution in [2.45, 2.75) is 30.5 Å². The van der Waals surface area contributed by atoms with Crippen LogP contribution < -0.4 is 0 Å². The van der Waals surface area contributed by atoms with E-state index in [4.69, 9.17) is 0 Å². The number of carbonyl (C=O) groups is 1. The summed E-state index contributed by atoms with van der Waals surface area (Å²) in [7, 11) is 1.86. The minimum Gasteiger partial charge on any atom is -0.335 e. The predicted molar refractivity (Wildman–Crippen MR) is 86.4 cm³/mol. The minimum absolute atomic E-state index is 0.0388. The van der Waals surface area contributed by atoms with E-state index in [1.807, 2.05) is 11.9 Å². The van der Waals surface area contributed by atoms with Crippen LogP contribution in [0.3, 0.4) is 0 Å². The molecule has 0 N–H and O–H groups in total. The third-order valence-corrected chi connectivity index (χ3v) is 5.09. The molecule has 23 heavy (non-hydrogen) atoms. The molecule has 0 bridgehead atoms. The van der Waals surface area contributed by atoms with Crippen molar-refractivity contribution in [3.05, 3.63) is 42.0 Å². The van der Waals surface area contributed by atoms with E-state index in [1.165, 1.54) is 23.9 Å². The number of aromatic nitrogens is 3.